The van der Waals surface area contributed by atoms with E-state index in [-0.39, 0.29) is 19.1 Å². The van der Waals surface area contributed by atoms with Gasteiger partial charge in [0, 0.05) is 27.7 Å². The molecule has 0 aliphatic rings. The van der Waals surface area contributed by atoms with E-state index in [1.807, 2.05) is 13.0 Å². The largest absolute Gasteiger partial charge is 0.482 e. The molecule has 0 saturated heterocycles. The Morgan fingerprint density at radius 2 is 1.92 bits per heavy atom. The summed E-state index contributed by atoms with van der Waals surface area (Å²) in [5.74, 6) is -0.226. The number of amides is 4. The molecule has 4 amide bonds. The average Bonchev–Trinajstić information content (AvgIpc) is 2.58. The Morgan fingerprint density at radius 3 is 2.58 bits per heavy atom. The van der Waals surface area contributed by atoms with Crippen molar-refractivity contribution >= 4 is 23.5 Å². The number of carbonyl (C=O) groups excluding carboxylic acids is 3. The topological polar surface area (TPSA) is 109 Å². The predicted molar refractivity (Wildman–Crippen MR) is 97.3 cm³/mol. The highest BCUT2D eigenvalue weighted by Crippen LogP contribution is 2.25. The molecule has 0 aliphatic heterocycles. The first-order chi connectivity index (χ1) is 12.3. The Labute approximate surface area is 153 Å². The molecule has 1 rings (SSSR count). The molecule has 26 heavy (non-hydrogen) atoms. The first-order valence-corrected chi connectivity index (χ1v) is 8.07. The molecule has 1 aromatic rings. The van der Waals surface area contributed by atoms with Crippen molar-refractivity contribution in [2.24, 2.45) is 0 Å². The second-order valence-electron chi connectivity index (χ2n) is 5.73. The summed E-state index contributed by atoms with van der Waals surface area (Å²) in [7, 11) is 4.80. The summed E-state index contributed by atoms with van der Waals surface area (Å²) in [6, 6.07) is 4.76. The normalized spacial score (nSPS) is 10.0. The minimum atomic E-state index is -0.592. The van der Waals surface area contributed by atoms with Crippen LogP contribution in [0.1, 0.15) is 5.56 Å². The molecule has 1 aromatic carbocycles. The second-order valence-corrected chi connectivity index (χ2v) is 5.73. The van der Waals surface area contributed by atoms with E-state index >= 15 is 0 Å². The molecule has 144 valence electrons. The molecular formula is C17H26N4O5. The predicted octanol–water partition coefficient (Wildman–Crippen LogP) is 0.346. The number of carbonyl (C=O) groups is 3. The fraction of sp³-hybridized carbons (Fsp3) is 0.471. The zero-order chi connectivity index (χ0) is 19.5. The number of rotatable bonds is 9. The monoisotopic (exact) mass is 366 g/mol. The Balaban J connectivity index is 2.56. The van der Waals surface area contributed by atoms with Gasteiger partial charge in [0.05, 0.1) is 18.8 Å². The fourth-order valence-electron chi connectivity index (χ4n) is 1.82. The number of benzene rings is 1. The Kier molecular flexibility index (Phi) is 8.93. The van der Waals surface area contributed by atoms with Crippen molar-refractivity contribution in [1.29, 1.82) is 0 Å². The molecule has 0 aromatic heterocycles. The molecule has 0 spiro atoms. The summed E-state index contributed by atoms with van der Waals surface area (Å²) in [5, 5.41) is 7.58. The molecule has 9 nitrogen and oxygen atoms in total. The van der Waals surface area contributed by atoms with Gasteiger partial charge in [-0.1, -0.05) is 6.07 Å². The van der Waals surface area contributed by atoms with Crippen LogP contribution in [0.15, 0.2) is 18.2 Å². The van der Waals surface area contributed by atoms with Gasteiger partial charge in [0.1, 0.15) is 5.75 Å². The van der Waals surface area contributed by atoms with Crippen LogP contribution in [0, 0.1) is 6.92 Å². The van der Waals surface area contributed by atoms with Crippen LogP contribution in [0.3, 0.4) is 0 Å². The van der Waals surface area contributed by atoms with Crippen molar-refractivity contribution in [2.75, 3.05) is 52.8 Å². The Bertz CT molecular complexity index is 634. The molecule has 0 atom stereocenters. The number of aryl methyl sites for hydroxylation is 1. The van der Waals surface area contributed by atoms with E-state index in [1.165, 1.54) is 12.0 Å². The van der Waals surface area contributed by atoms with Gasteiger partial charge in [-0.15, -0.1) is 0 Å². The highest BCUT2D eigenvalue weighted by atomic mass is 16.5. The van der Waals surface area contributed by atoms with Crippen molar-refractivity contribution in [2.45, 2.75) is 6.92 Å². The number of methoxy groups -OCH3 is 1. The molecule has 0 heterocycles. The van der Waals surface area contributed by atoms with E-state index in [9.17, 15) is 14.4 Å². The fourth-order valence-corrected chi connectivity index (χ4v) is 1.82. The van der Waals surface area contributed by atoms with Gasteiger partial charge < -0.3 is 25.0 Å². The lowest BCUT2D eigenvalue weighted by Crippen LogP contribution is -2.43. The molecule has 0 unspecified atom stereocenters. The number of anilines is 1. The Morgan fingerprint density at radius 1 is 1.19 bits per heavy atom. The molecule has 9 heteroatoms. The summed E-state index contributed by atoms with van der Waals surface area (Å²) < 4.78 is 10.3. The SMILES string of the molecule is COCCNC(=O)NC(=O)CNc1ccc(C)cc1OCC(=O)N(C)C. The van der Waals surface area contributed by atoms with Gasteiger partial charge in [-0.25, -0.2) is 4.79 Å². The van der Waals surface area contributed by atoms with E-state index in [2.05, 4.69) is 16.0 Å². The van der Waals surface area contributed by atoms with Crippen LogP contribution in [-0.2, 0) is 14.3 Å². The summed E-state index contributed by atoms with van der Waals surface area (Å²) in [5.41, 5.74) is 1.50. The van der Waals surface area contributed by atoms with Crippen molar-refractivity contribution in [3.05, 3.63) is 23.8 Å². The van der Waals surface area contributed by atoms with Crippen LogP contribution in [0.25, 0.3) is 0 Å². The minimum absolute atomic E-state index is 0.112. The highest BCUT2D eigenvalue weighted by molar-refractivity contribution is 5.96. The number of nitrogens with zero attached hydrogens (tertiary/aromatic N) is 1. The van der Waals surface area contributed by atoms with Crippen molar-refractivity contribution in [1.82, 2.24) is 15.5 Å². The molecule has 0 radical (unpaired) electrons. The maximum absolute atomic E-state index is 11.8. The number of nitrogens with one attached hydrogen (secondary N) is 3. The van der Waals surface area contributed by atoms with E-state index in [1.54, 1.807) is 26.2 Å². The Hall–Kier alpha value is -2.81. The third-order valence-corrected chi connectivity index (χ3v) is 3.27. The molecule has 0 aliphatic carbocycles. The van der Waals surface area contributed by atoms with E-state index < -0.39 is 11.9 Å². The molecule has 3 N–H and O–H groups in total. The van der Waals surface area contributed by atoms with Crippen LogP contribution in [0.2, 0.25) is 0 Å². The van der Waals surface area contributed by atoms with E-state index in [0.29, 0.717) is 24.6 Å². The van der Waals surface area contributed by atoms with Gasteiger partial charge >= 0.3 is 6.03 Å². The number of likely N-dealkylation sites (N-methyl/N-ethyl adjacent to an activating group) is 1. The van der Waals surface area contributed by atoms with Crippen molar-refractivity contribution in [3.63, 3.8) is 0 Å². The number of hydrogen-bond acceptors (Lipinski definition) is 6. The third-order valence-electron chi connectivity index (χ3n) is 3.27. The number of ether oxygens (including phenoxy) is 2. The summed E-state index contributed by atoms with van der Waals surface area (Å²) in [6.45, 7) is 2.31. The van der Waals surface area contributed by atoms with Gasteiger partial charge in [-0.3, -0.25) is 14.9 Å². The maximum Gasteiger partial charge on any atom is 0.321 e. The van der Waals surface area contributed by atoms with Crippen LogP contribution in [0.4, 0.5) is 10.5 Å². The second kappa shape index (κ2) is 10.9. The summed E-state index contributed by atoms with van der Waals surface area (Å²) in [6.07, 6.45) is 0. The zero-order valence-electron chi connectivity index (χ0n) is 15.5. The van der Waals surface area contributed by atoms with Gasteiger partial charge in [-0.05, 0) is 24.6 Å². The number of imide groups is 1. The average molecular weight is 366 g/mol. The van der Waals surface area contributed by atoms with Crippen molar-refractivity contribution < 1.29 is 23.9 Å². The van der Waals surface area contributed by atoms with Crippen molar-refractivity contribution in [3.8, 4) is 5.75 Å². The zero-order valence-corrected chi connectivity index (χ0v) is 15.5. The first kappa shape index (κ1) is 21.2. The van der Waals surface area contributed by atoms with Crippen LogP contribution in [-0.4, -0.2) is 70.3 Å². The standard InChI is InChI=1S/C17H26N4O5/c1-12-5-6-13(14(9-12)26-11-16(23)21(2)3)19-10-15(22)20-17(24)18-7-8-25-4/h5-6,9,19H,7-8,10-11H2,1-4H3,(H2,18,20,22,24). The number of urea groups is 1. The lowest BCUT2D eigenvalue weighted by Gasteiger charge is -2.15. The smallest absolute Gasteiger partial charge is 0.321 e. The van der Waals surface area contributed by atoms with E-state index in [0.717, 1.165) is 5.56 Å². The van der Waals surface area contributed by atoms with Gasteiger partial charge in [-0.2, -0.15) is 0 Å². The van der Waals surface area contributed by atoms with Gasteiger partial charge in [0.2, 0.25) is 5.91 Å². The molecular weight excluding hydrogens is 340 g/mol. The summed E-state index contributed by atoms with van der Waals surface area (Å²) in [4.78, 5) is 36.4. The van der Waals surface area contributed by atoms with E-state index in [4.69, 9.17) is 9.47 Å². The lowest BCUT2D eigenvalue weighted by atomic mass is 10.2. The highest BCUT2D eigenvalue weighted by Gasteiger charge is 2.11. The van der Waals surface area contributed by atoms with Crippen LogP contribution < -0.4 is 20.7 Å². The van der Waals surface area contributed by atoms with Gasteiger partial charge in [0.15, 0.2) is 6.61 Å². The maximum atomic E-state index is 11.8. The minimum Gasteiger partial charge on any atom is -0.482 e. The van der Waals surface area contributed by atoms with Gasteiger partial charge in [0.25, 0.3) is 5.91 Å². The molecule has 0 saturated carbocycles. The number of hydrogen-bond donors (Lipinski definition) is 3. The van der Waals surface area contributed by atoms with Crippen LogP contribution in [0.5, 0.6) is 5.75 Å². The lowest BCUT2D eigenvalue weighted by molar-refractivity contribution is -0.130. The third kappa shape index (κ3) is 7.84. The first-order valence-electron chi connectivity index (χ1n) is 8.07. The molecule has 0 fully saturated rings. The van der Waals surface area contributed by atoms with Crippen LogP contribution >= 0.6 is 0 Å². The molecule has 0 bridgehead atoms. The quantitative estimate of drug-likeness (QED) is 0.544. The summed E-state index contributed by atoms with van der Waals surface area (Å²) >= 11 is 0.